The number of ether oxygens (including phenoxy) is 1. The molecule has 2 aromatic carbocycles. The van der Waals surface area contributed by atoms with Crippen LogP contribution < -0.4 is 25.6 Å². The maximum Gasteiger partial charge on any atom is 0.323 e. The number of hydrogen-bond acceptors (Lipinski definition) is 5. The standard InChI is InChI=1S/C28H34N6O3/c1-19(26-16-29-18-30-26)27(35)31-22-14-15-34(17-22)23-10-6-20(7-11-23)32-28(36)33-21-8-12-25(13-9-21)37-24-4-2-3-5-24/h6-13,16,18-19,22,24H,2-5,14-15,17H2,1H3,(H,29,30)(H,31,35)(H2,32,33,36). The van der Waals surface area contributed by atoms with Gasteiger partial charge in [-0.05, 0) is 87.6 Å². The fraction of sp³-hybridized carbons (Fsp3) is 0.393. The Morgan fingerprint density at radius 2 is 1.68 bits per heavy atom. The van der Waals surface area contributed by atoms with Gasteiger partial charge in [-0.3, -0.25) is 4.79 Å². The van der Waals surface area contributed by atoms with Gasteiger partial charge in [0.2, 0.25) is 5.91 Å². The Bertz CT molecular complexity index is 1170. The molecule has 37 heavy (non-hydrogen) atoms. The van der Waals surface area contributed by atoms with E-state index in [2.05, 4.69) is 30.8 Å². The minimum Gasteiger partial charge on any atom is -0.490 e. The molecule has 3 amide bonds. The average molecular weight is 503 g/mol. The summed E-state index contributed by atoms with van der Waals surface area (Å²) in [6.45, 7) is 3.46. The number of rotatable bonds is 8. The van der Waals surface area contributed by atoms with Gasteiger partial charge in [-0.2, -0.15) is 0 Å². The smallest absolute Gasteiger partial charge is 0.323 e. The van der Waals surface area contributed by atoms with Gasteiger partial charge in [0.15, 0.2) is 0 Å². The number of urea groups is 1. The highest BCUT2D eigenvalue weighted by Crippen LogP contribution is 2.26. The molecule has 2 heterocycles. The van der Waals surface area contributed by atoms with E-state index in [0.717, 1.165) is 49.5 Å². The molecule has 9 nitrogen and oxygen atoms in total. The van der Waals surface area contributed by atoms with Gasteiger partial charge in [-0.25, -0.2) is 9.78 Å². The van der Waals surface area contributed by atoms with Gasteiger partial charge in [0, 0.05) is 42.4 Å². The molecule has 0 bridgehead atoms. The highest BCUT2D eigenvalue weighted by Gasteiger charge is 2.27. The summed E-state index contributed by atoms with van der Waals surface area (Å²) >= 11 is 0. The van der Waals surface area contributed by atoms with Crippen molar-refractivity contribution in [2.45, 2.75) is 57.1 Å². The summed E-state index contributed by atoms with van der Waals surface area (Å²) < 4.78 is 5.98. The lowest BCUT2D eigenvalue weighted by molar-refractivity contribution is -0.122. The Hall–Kier alpha value is -4.01. The Balaban J connectivity index is 1.07. The normalized spacial score (nSPS) is 18.4. The maximum atomic E-state index is 12.6. The molecule has 2 fully saturated rings. The molecule has 4 N–H and O–H groups in total. The van der Waals surface area contributed by atoms with Crippen LogP contribution in [-0.2, 0) is 4.79 Å². The summed E-state index contributed by atoms with van der Waals surface area (Å²) in [6, 6.07) is 15.0. The van der Waals surface area contributed by atoms with Crippen molar-refractivity contribution in [3.05, 3.63) is 66.7 Å². The lowest BCUT2D eigenvalue weighted by Gasteiger charge is -2.20. The molecule has 0 radical (unpaired) electrons. The zero-order chi connectivity index (χ0) is 25.6. The minimum absolute atomic E-state index is 0.0134. The summed E-state index contributed by atoms with van der Waals surface area (Å²) in [4.78, 5) is 34.3. The van der Waals surface area contributed by atoms with E-state index in [1.807, 2.05) is 55.5 Å². The number of nitrogens with one attached hydrogen (secondary N) is 4. The largest absolute Gasteiger partial charge is 0.490 e. The van der Waals surface area contributed by atoms with Crippen molar-refractivity contribution in [3.8, 4) is 5.75 Å². The Morgan fingerprint density at radius 1 is 1.00 bits per heavy atom. The molecule has 2 aliphatic rings. The van der Waals surface area contributed by atoms with Gasteiger partial charge in [0.25, 0.3) is 0 Å². The second-order valence-corrected chi connectivity index (χ2v) is 9.83. The molecular formula is C28H34N6O3. The number of aromatic nitrogens is 2. The second-order valence-electron chi connectivity index (χ2n) is 9.83. The fourth-order valence-electron chi connectivity index (χ4n) is 4.95. The van der Waals surface area contributed by atoms with Crippen molar-refractivity contribution < 1.29 is 14.3 Å². The first-order valence-electron chi connectivity index (χ1n) is 13.0. The zero-order valence-electron chi connectivity index (χ0n) is 21.1. The van der Waals surface area contributed by atoms with Crippen molar-refractivity contribution in [2.75, 3.05) is 28.6 Å². The van der Waals surface area contributed by atoms with Crippen molar-refractivity contribution in [1.82, 2.24) is 15.3 Å². The van der Waals surface area contributed by atoms with Crippen molar-refractivity contribution in [2.24, 2.45) is 0 Å². The Morgan fingerprint density at radius 3 is 2.32 bits per heavy atom. The molecule has 1 saturated carbocycles. The SMILES string of the molecule is CC(C(=O)NC1CCN(c2ccc(NC(=O)Nc3ccc(OC4CCCC4)cc3)cc2)C1)c1c[nH]cn1. The monoisotopic (exact) mass is 502 g/mol. The van der Waals surface area contributed by atoms with Crippen LogP contribution in [0, 0.1) is 0 Å². The van der Waals surface area contributed by atoms with Gasteiger partial charge in [-0.15, -0.1) is 0 Å². The quantitative estimate of drug-likeness (QED) is 0.351. The van der Waals surface area contributed by atoms with Crippen LogP contribution in [0.25, 0.3) is 0 Å². The summed E-state index contributed by atoms with van der Waals surface area (Å²) in [7, 11) is 0. The fourth-order valence-corrected chi connectivity index (χ4v) is 4.95. The van der Waals surface area contributed by atoms with Crippen LogP contribution >= 0.6 is 0 Å². The predicted octanol–water partition coefficient (Wildman–Crippen LogP) is 4.87. The third kappa shape index (κ3) is 6.41. The van der Waals surface area contributed by atoms with Crippen molar-refractivity contribution >= 4 is 29.0 Å². The number of amides is 3. The van der Waals surface area contributed by atoms with Crippen LogP contribution in [0.2, 0.25) is 0 Å². The highest BCUT2D eigenvalue weighted by atomic mass is 16.5. The van der Waals surface area contributed by atoms with Crippen LogP contribution in [0.15, 0.2) is 61.1 Å². The van der Waals surface area contributed by atoms with E-state index in [-0.39, 0.29) is 23.9 Å². The van der Waals surface area contributed by atoms with E-state index in [9.17, 15) is 9.59 Å². The van der Waals surface area contributed by atoms with Gasteiger partial charge in [0.1, 0.15) is 5.75 Å². The van der Waals surface area contributed by atoms with E-state index in [4.69, 9.17) is 4.74 Å². The number of carbonyl (C=O) groups is 2. The van der Waals surface area contributed by atoms with E-state index >= 15 is 0 Å². The third-order valence-electron chi connectivity index (χ3n) is 7.10. The topological polar surface area (TPSA) is 111 Å². The number of hydrogen-bond donors (Lipinski definition) is 4. The van der Waals surface area contributed by atoms with E-state index in [1.54, 1.807) is 12.5 Å². The molecule has 2 unspecified atom stereocenters. The van der Waals surface area contributed by atoms with Gasteiger partial charge < -0.3 is 30.6 Å². The lowest BCUT2D eigenvalue weighted by Crippen LogP contribution is -2.39. The number of anilines is 3. The molecular weight excluding hydrogens is 468 g/mol. The molecule has 1 saturated heterocycles. The summed E-state index contributed by atoms with van der Waals surface area (Å²) in [6.07, 6.45) is 9.22. The third-order valence-corrected chi connectivity index (χ3v) is 7.10. The van der Waals surface area contributed by atoms with E-state index in [1.165, 1.54) is 12.8 Å². The molecule has 194 valence electrons. The minimum atomic E-state index is -0.299. The summed E-state index contributed by atoms with van der Waals surface area (Å²) in [5.74, 6) is 0.532. The Kier molecular flexibility index (Phi) is 7.58. The molecule has 9 heteroatoms. The van der Waals surface area contributed by atoms with Crippen LogP contribution in [0.1, 0.15) is 50.6 Å². The molecule has 1 aliphatic heterocycles. The molecule has 0 spiro atoms. The molecule has 1 aromatic heterocycles. The van der Waals surface area contributed by atoms with Crippen LogP contribution in [-0.4, -0.2) is 47.1 Å². The highest BCUT2D eigenvalue weighted by molar-refractivity contribution is 5.99. The number of benzene rings is 2. The average Bonchev–Trinajstić information content (AvgIpc) is 3.69. The Labute approximate surface area is 217 Å². The summed E-state index contributed by atoms with van der Waals surface area (Å²) in [5, 5.41) is 8.88. The first-order chi connectivity index (χ1) is 18.0. The molecule has 2 atom stereocenters. The van der Waals surface area contributed by atoms with Gasteiger partial charge in [0.05, 0.1) is 24.0 Å². The first kappa shape index (κ1) is 24.7. The van der Waals surface area contributed by atoms with Crippen molar-refractivity contribution in [3.63, 3.8) is 0 Å². The molecule has 5 rings (SSSR count). The predicted molar refractivity (Wildman–Crippen MR) is 144 cm³/mol. The number of imidazole rings is 1. The van der Waals surface area contributed by atoms with E-state index in [0.29, 0.717) is 17.5 Å². The number of nitrogens with zero attached hydrogens (tertiary/aromatic N) is 2. The zero-order valence-corrected chi connectivity index (χ0v) is 21.1. The van der Waals surface area contributed by atoms with Gasteiger partial charge >= 0.3 is 6.03 Å². The second kappa shape index (κ2) is 11.4. The van der Waals surface area contributed by atoms with E-state index < -0.39 is 0 Å². The number of H-pyrrole nitrogens is 1. The first-order valence-corrected chi connectivity index (χ1v) is 13.0. The maximum absolute atomic E-state index is 12.6. The van der Waals surface area contributed by atoms with Crippen LogP contribution in [0.3, 0.4) is 0 Å². The number of aromatic amines is 1. The summed E-state index contributed by atoms with van der Waals surface area (Å²) in [5.41, 5.74) is 3.21. The molecule has 1 aliphatic carbocycles. The van der Waals surface area contributed by atoms with Crippen LogP contribution in [0.4, 0.5) is 21.9 Å². The van der Waals surface area contributed by atoms with Crippen molar-refractivity contribution in [1.29, 1.82) is 0 Å². The number of carbonyl (C=O) groups excluding carboxylic acids is 2. The van der Waals surface area contributed by atoms with Gasteiger partial charge in [-0.1, -0.05) is 0 Å². The molecule has 3 aromatic rings. The van der Waals surface area contributed by atoms with Crippen LogP contribution in [0.5, 0.6) is 5.75 Å². The lowest BCUT2D eigenvalue weighted by atomic mass is 10.1.